The molecule has 0 aliphatic rings. The van der Waals surface area contributed by atoms with E-state index in [0.29, 0.717) is 5.69 Å². The predicted octanol–water partition coefficient (Wildman–Crippen LogP) is -2.03. The molecule has 0 aliphatic carbocycles. The minimum atomic E-state index is -1.45. The first-order valence-electron chi connectivity index (χ1n) is 9.55. The second-order valence-electron chi connectivity index (χ2n) is 7.29. The van der Waals surface area contributed by atoms with E-state index in [4.69, 9.17) is 10.8 Å². The lowest BCUT2D eigenvalue weighted by Crippen LogP contribution is -2.57. The van der Waals surface area contributed by atoms with Crippen LogP contribution in [-0.4, -0.2) is 74.5 Å². The monoisotopic (exact) mass is 440 g/mol. The van der Waals surface area contributed by atoms with Gasteiger partial charge in [0.1, 0.15) is 18.1 Å². The predicted molar refractivity (Wildman–Crippen MR) is 106 cm³/mol. The van der Waals surface area contributed by atoms with Crippen LogP contribution in [0.3, 0.4) is 0 Å². The minimum absolute atomic E-state index is 0.0579. The topological polar surface area (TPSA) is 217 Å². The van der Waals surface area contributed by atoms with E-state index in [1.165, 1.54) is 12.5 Å². The summed E-state index contributed by atoms with van der Waals surface area (Å²) in [5.74, 6) is -5.08. The maximum absolute atomic E-state index is 12.7. The number of imidazole rings is 1. The van der Waals surface area contributed by atoms with E-state index in [0.717, 1.165) is 0 Å². The number of carbonyl (C=O) groups excluding carboxylic acids is 3. The van der Waals surface area contributed by atoms with Gasteiger partial charge in [-0.2, -0.15) is 0 Å². The number of carbonyl (C=O) groups is 5. The molecule has 3 amide bonds. The van der Waals surface area contributed by atoms with Crippen molar-refractivity contribution in [2.24, 2.45) is 11.7 Å². The van der Waals surface area contributed by atoms with Crippen molar-refractivity contribution in [3.63, 3.8) is 0 Å². The number of nitrogens with one attached hydrogen (secondary N) is 4. The van der Waals surface area contributed by atoms with Crippen LogP contribution in [-0.2, 0) is 30.4 Å². The van der Waals surface area contributed by atoms with E-state index in [1.807, 2.05) is 0 Å². The highest BCUT2D eigenvalue weighted by atomic mass is 16.4. The molecule has 8 N–H and O–H groups in total. The Balaban J connectivity index is 2.94. The van der Waals surface area contributed by atoms with E-state index in [2.05, 4.69) is 25.9 Å². The van der Waals surface area contributed by atoms with Crippen molar-refractivity contribution in [1.82, 2.24) is 25.9 Å². The number of hydrogen-bond acceptors (Lipinski definition) is 7. The fourth-order valence-corrected chi connectivity index (χ4v) is 2.70. The van der Waals surface area contributed by atoms with Gasteiger partial charge >= 0.3 is 11.9 Å². The quantitative estimate of drug-likeness (QED) is 0.180. The lowest BCUT2D eigenvalue weighted by Gasteiger charge is -2.25. The van der Waals surface area contributed by atoms with E-state index in [1.54, 1.807) is 13.8 Å². The van der Waals surface area contributed by atoms with Crippen molar-refractivity contribution in [2.45, 2.75) is 51.2 Å². The summed E-state index contributed by atoms with van der Waals surface area (Å²) >= 11 is 0. The molecule has 3 unspecified atom stereocenters. The van der Waals surface area contributed by atoms with E-state index < -0.39 is 60.8 Å². The van der Waals surface area contributed by atoms with Crippen molar-refractivity contribution in [1.29, 1.82) is 0 Å². The van der Waals surface area contributed by atoms with Gasteiger partial charge in [0, 0.05) is 18.3 Å². The number of hydrogen-bond donors (Lipinski definition) is 7. The minimum Gasteiger partial charge on any atom is -0.481 e. The molecule has 13 nitrogen and oxygen atoms in total. The van der Waals surface area contributed by atoms with Crippen molar-refractivity contribution in [3.05, 3.63) is 18.2 Å². The lowest BCUT2D eigenvalue weighted by molar-refractivity contribution is -0.143. The number of H-pyrrole nitrogens is 1. The molecule has 0 fully saturated rings. The van der Waals surface area contributed by atoms with Gasteiger partial charge < -0.3 is 36.9 Å². The molecule has 0 saturated heterocycles. The maximum Gasteiger partial charge on any atom is 0.326 e. The number of nitrogens with two attached hydrogens (primary N) is 1. The first-order valence-corrected chi connectivity index (χ1v) is 9.55. The number of amides is 3. The van der Waals surface area contributed by atoms with Crippen LogP contribution in [0.15, 0.2) is 12.5 Å². The first kappa shape index (κ1) is 25.6. The summed E-state index contributed by atoms with van der Waals surface area (Å²) in [7, 11) is 0. The summed E-state index contributed by atoms with van der Waals surface area (Å²) < 4.78 is 0. The van der Waals surface area contributed by atoms with Gasteiger partial charge in [-0.05, 0) is 12.3 Å². The molecule has 0 aliphatic heterocycles. The lowest BCUT2D eigenvalue weighted by atomic mass is 10.0. The summed E-state index contributed by atoms with van der Waals surface area (Å²) in [6.07, 6.45) is 2.17. The Bertz CT molecular complexity index is 780. The Morgan fingerprint density at radius 1 is 1.03 bits per heavy atom. The third kappa shape index (κ3) is 9.25. The van der Waals surface area contributed by atoms with Gasteiger partial charge in [0.15, 0.2) is 0 Å². The summed E-state index contributed by atoms with van der Waals surface area (Å²) in [6, 6.07) is -3.88. The van der Waals surface area contributed by atoms with Crippen LogP contribution < -0.4 is 21.7 Å². The fourth-order valence-electron chi connectivity index (χ4n) is 2.70. The molecule has 1 aromatic heterocycles. The SMILES string of the molecule is CC(C)CC(NC(=O)C(CC(=O)O)NC(=O)CN)C(=O)NC(Cc1cnc[nH]1)C(=O)O. The zero-order chi connectivity index (χ0) is 23.6. The van der Waals surface area contributed by atoms with Crippen LogP contribution in [0.2, 0.25) is 0 Å². The molecule has 3 atom stereocenters. The molecular weight excluding hydrogens is 412 g/mol. The number of nitrogens with zero attached hydrogens (tertiary/aromatic N) is 1. The van der Waals surface area contributed by atoms with Crippen LogP contribution in [0.5, 0.6) is 0 Å². The molecular formula is C18H28N6O7. The second-order valence-corrected chi connectivity index (χ2v) is 7.29. The van der Waals surface area contributed by atoms with Gasteiger partial charge in [0.05, 0.1) is 19.3 Å². The van der Waals surface area contributed by atoms with Crippen molar-refractivity contribution >= 4 is 29.7 Å². The average molecular weight is 440 g/mol. The Morgan fingerprint density at radius 2 is 1.65 bits per heavy atom. The third-order valence-corrected chi connectivity index (χ3v) is 4.15. The van der Waals surface area contributed by atoms with Crippen LogP contribution in [0.4, 0.5) is 0 Å². The highest BCUT2D eigenvalue weighted by molar-refractivity contribution is 5.95. The Hall–Kier alpha value is -3.48. The highest BCUT2D eigenvalue weighted by Gasteiger charge is 2.31. The van der Waals surface area contributed by atoms with Gasteiger partial charge in [-0.25, -0.2) is 9.78 Å². The molecule has 1 aromatic rings. The first-order chi connectivity index (χ1) is 14.5. The zero-order valence-electron chi connectivity index (χ0n) is 17.3. The highest BCUT2D eigenvalue weighted by Crippen LogP contribution is 2.08. The summed E-state index contributed by atoms with van der Waals surface area (Å²) in [4.78, 5) is 65.9. The van der Waals surface area contributed by atoms with Crippen LogP contribution in [0.25, 0.3) is 0 Å². The molecule has 31 heavy (non-hydrogen) atoms. The van der Waals surface area contributed by atoms with Crippen molar-refractivity contribution in [3.8, 4) is 0 Å². The van der Waals surface area contributed by atoms with Gasteiger partial charge in [-0.3, -0.25) is 19.2 Å². The molecule has 172 valence electrons. The summed E-state index contributed by atoms with van der Waals surface area (Å²) in [6.45, 7) is 3.13. The van der Waals surface area contributed by atoms with Gasteiger partial charge in [0.2, 0.25) is 17.7 Å². The van der Waals surface area contributed by atoms with Crippen molar-refractivity contribution in [2.75, 3.05) is 6.54 Å². The molecule has 1 heterocycles. The molecule has 0 spiro atoms. The number of carboxylic acid groups (broad SMARTS) is 2. The average Bonchev–Trinajstić information content (AvgIpc) is 3.18. The Morgan fingerprint density at radius 3 is 2.13 bits per heavy atom. The maximum atomic E-state index is 12.7. The van der Waals surface area contributed by atoms with Crippen LogP contribution in [0.1, 0.15) is 32.4 Å². The van der Waals surface area contributed by atoms with Gasteiger partial charge in [-0.15, -0.1) is 0 Å². The van der Waals surface area contributed by atoms with Gasteiger partial charge in [-0.1, -0.05) is 13.8 Å². The molecule has 0 radical (unpaired) electrons. The standard InChI is InChI=1S/C18H28N6O7/c1-9(2)3-11(23-17(29)12(5-15(26)27)22-14(25)6-19)16(28)24-13(18(30)31)4-10-7-20-8-21-10/h7-9,11-13H,3-6,19H2,1-2H3,(H,20,21)(H,22,25)(H,23,29)(H,24,28)(H,26,27)(H,30,31). The number of carboxylic acids is 2. The van der Waals surface area contributed by atoms with Crippen molar-refractivity contribution < 1.29 is 34.2 Å². The van der Waals surface area contributed by atoms with E-state index in [9.17, 15) is 29.1 Å². The molecule has 13 heteroatoms. The Kier molecular flexibility index (Phi) is 10.1. The smallest absolute Gasteiger partial charge is 0.326 e. The zero-order valence-corrected chi connectivity index (χ0v) is 17.3. The largest absolute Gasteiger partial charge is 0.481 e. The fraction of sp³-hybridized carbons (Fsp3) is 0.556. The molecule has 0 aromatic carbocycles. The van der Waals surface area contributed by atoms with Crippen LogP contribution >= 0.6 is 0 Å². The molecule has 0 saturated carbocycles. The third-order valence-electron chi connectivity index (χ3n) is 4.15. The number of aromatic nitrogens is 2. The molecule has 1 rings (SSSR count). The number of aromatic amines is 1. The Labute approximate surface area is 178 Å². The second kappa shape index (κ2) is 12.3. The van der Waals surface area contributed by atoms with E-state index in [-0.39, 0.29) is 18.8 Å². The van der Waals surface area contributed by atoms with E-state index >= 15 is 0 Å². The number of aliphatic carboxylic acids is 2. The van der Waals surface area contributed by atoms with Gasteiger partial charge in [0.25, 0.3) is 0 Å². The summed E-state index contributed by atoms with van der Waals surface area (Å²) in [5.41, 5.74) is 5.68. The molecule has 0 bridgehead atoms. The number of rotatable bonds is 13. The van der Waals surface area contributed by atoms with Crippen LogP contribution in [0, 0.1) is 5.92 Å². The summed E-state index contributed by atoms with van der Waals surface area (Å²) in [5, 5.41) is 25.4. The normalized spacial score (nSPS) is 13.7.